The van der Waals surface area contributed by atoms with Crippen molar-refractivity contribution in [1.29, 1.82) is 0 Å². The van der Waals surface area contributed by atoms with Gasteiger partial charge in [0.15, 0.2) is 11.5 Å². The number of carbonyl (C=O) groups is 2. The summed E-state index contributed by atoms with van der Waals surface area (Å²) in [6, 6.07) is 12.7. The second-order valence-electron chi connectivity index (χ2n) is 7.68. The minimum absolute atomic E-state index is 0.0754. The first-order chi connectivity index (χ1) is 15.6. The lowest BCUT2D eigenvalue weighted by Gasteiger charge is -2.27. The van der Waals surface area contributed by atoms with Crippen molar-refractivity contribution < 1.29 is 32.3 Å². The SMILES string of the molecule is CN(C)c1ccc(C2C(C(=O)c3ccco3)=C(O)C(=O)N2c2ccc(C(F)(F)F)cc2)cc1. The van der Waals surface area contributed by atoms with Crippen LogP contribution in [-0.4, -0.2) is 30.9 Å². The zero-order valence-electron chi connectivity index (χ0n) is 17.6. The predicted octanol–water partition coefficient (Wildman–Crippen LogP) is 5.15. The van der Waals surface area contributed by atoms with Crippen LogP contribution in [0.1, 0.15) is 27.7 Å². The molecular formula is C24H19F3N2O4. The van der Waals surface area contributed by atoms with Gasteiger partial charge in [-0.2, -0.15) is 13.2 Å². The van der Waals surface area contributed by atoms with Crippen molar-refractivity contribution >= 4 is 23.1 Å². The minimum atomic E-state index is -4.55. The number of ketones is 1. The van der Waals surface area contributed by atoms with Crippen molar-refractivity contribution in [2.45, 2.75) is 12.2 Å². The summed E-state index contributed by atoms with van der Waals surface area (Å²) in [7, 11) is 3.69. The van der Waals surface area contributed by atoms with E-state index in [1.165, 1.54) is 18.4 Å². The smallest absolute Gasteiger partial charge is 0.416 e. The van der Waals surface area contributed by atoms with Gasteiger partial charge in [-0.3, -0.25) is 14.5 Å². The van der Waals surface area contributed by atoms with Gasteiger partial charge >= 0.3 is 6.18 Å². The van der Waals surface area contributed by atoms with E-state index in [2.05, 4.69) is 0 Å². The minimum Gasteiger partial charge on any atom is -0.503 e. The highest BCUT2D eigenvalue weighted by Crippen LogP contribution is 2.43. The number of aliphatic hydroxyl groups is 1. The Bertz CT molecular complexity index is 1210. The second kappa shape index (κ2) is 8.16. The number of hydrogen-bond donors (Lipinski definition) is 1. The molecule has 1 atom stereocenters. The highest BCUT2D eigenvalue weighted by Gasteiger charge is 2.45. The maximum Gasteiger partial charge on any atom is 0.416 e. The Hall–Kier alpha value is -4.01. The van der Waals surface area contributed by atoms with Gasteiger partial charge in [0, 0.05) is 25.5 Å². The van der Waals surface area contributed by atoms with Gasteiger partial charge < -0.3 is 14.4 Å². The molecule has 1 unspecified atom stereocenters. The van der Waals surface area contributed by atoms with Crippen LogP contribution < -0.4 is 9.80 Å². The fourth-order valence-electron chi connectivity index (χ4n) is 3.73. The van der Waals surface area contributed by atoms with E-state index in [0.717, 1.165) is 34.9 Å². The number of hydrogen-bond acceptors (Lipinski definition) is 5. The molecular weight excluding hydrogens is 437 g/mol. The van der Waals surface area contributed by atoms with Crippen LogP contribution >= 0.6 is 0 Å². The maximum absolute atomic E-state index is 13.1. The summed E-state index contributed by atoms with van der Waals surface area (Å²) in [6.07, 6.45) is -3.26. The number of rotatable bonds is 5. The number of amides is 1. The molecule has 0 saturated heterocycles. The molecule has 0 bridgehead atoms. The van der Waals surface area contributed by atoms with Gasteiger partial charge in [0.1, 0.15) is 0 Å². The summed E-state index contributed by atoms with van der Waals surface area (Å²) in [6.45, 7) is 0. The van der Waals surface area contributed by atoms with Gasteiger partial charge in [-0.25, -0.2) is 0 Å². The predicted molar refractivity (Wildman–Crippen MR) is 115 cm³/mol. The Kier molecular flexibility index (Phi) is 5.49. The van der Waals surface area contributed by atoms with Crippen molar-refractivity contribution in [3.63, 3.8) is 0 Å². The van der Waals surface area contributed by atoms with E-state index in [1.807, 2.05) is 19.0 Å². The van der Waals surface area contributed by atoms with Crippen LogP contribution in [0.3, 0.4) is 0 Å². The summed E-state index contributed by atoms with van der Waals surface area (Å²) in [5.74, 6) is -2.44. The first-order valence-corrected chi connectivity index (χ1v) is 9.89. The Balaban J connectivity index is 1.83. The summed E-state index contributed by atoms with van der Waals surface area (Å²) < 4.78 is 44.2. The molecule has 1 aromatic heterocycles. The summed E-state index contributed by atoms with van der Waals surface area (Å²) in [4.78, 5) is 29.1. The van der Waals surface area contributed by atoms with E-state index in [4.69, 9.17) is 4.42 Å². The van der Waals surface area contributed by atoms with Crippen LogP contribution in [0.15, 0.2) is 82.7 Å². The largest absolute Gasteiger partial charge is 0.503 e. The van der Waals surface area contributed by atoms with Crippen LogP contribution in [0.5, 0.6) is 0 Å². The topological polar surface area (TPSA) is 74.0 Å². The molecule has 33 heavy (non-hydrogen) atoms. The van der Waals surface area contributed by atoms with Gasteiger partial charge in [0.25, 0.3) is 5.91 Å². The highest BCUT2D eigenvalue weighted by molar-refractivity contribution is 6.20. The lowest BCUT2D eigenvalue weighted by molar-refractivity contribution is -0.137. The highest BCUT2D eigenvalue weighted by atomic mass is 19.4. The molecule has 4 rings (SSSR count). The van der Waals surface area contributed by atoms with E-state index in [1.54, 1.807) is 24.3 Å². The van der Waals surface area contributed by atoms with Crippen LogP contribution in [0.25, 0.3) is 0 Å². The third-order valence-electron chi connectivity index (χ3n) is 5.40. The normalized spacial score (nSPS) is 16.5. The number of nitrogens with zero attached hydrogens (tertiary/aromatic N) is 2. The Labute approximate surface area is 187 Å². The third kappa shape index (κ3) is 3.97. The maximum atomic E-state index is 13.1. The van der Waals surface area contributed by atoms with Crippen molar-refractivity contribution in [3.8, 4) is 0 Å². The molecule has 9 heteroatoms. The van der Waals surface area contributed by atoms with Crippen LogP contribution in [0.4, 0.5) is 24.5 Å². The fraction of sp³-hybridized carbons (Fsp3) is 0.167. The number of furan rings is 1. The molecule has 0 spiro atoms. The van der Waals surface area contributed by atoms with E-state index < -0.39 is 35.2 Å². The van der Waals surface area contributed by atoms with E-state index >= 15 is 0 Å². The molecule has 2 heterocycles. The number of alkyl halides is 3. The lowest BCUT2D eigenvalue weighted by Crippen LogP contribution is -2.31. The molecule has 1 aliphatic rings. The fourth-order valence-corrected chi connectivity index (χ4v) is 3.73. The Morgan fingerprint density at radius 3 is 2.18 bits per heavy atom. The van der Waals surface area contributed by atoms with Gasteiger partial charge in [0.05, 0.1) is 23.4 Å². The van der Waals surface area contributed by atoms with Crippen LogP contribution in [0.2, 0.25) is 0 Å². The number of anilines is 2. The van der Waals surface area contributed by atoms with Gasteiger partial charge in [-0.1, -0.05) is 12.1 Å². The monoisotopic (exact) mass is 456 g/mol. The van der Waals surface area contributed by atoms with E-state index in [-0.39, 0.29) is 17.0 Å². The van der Waals surface area contributed by atoms with E-state index in [9.17, 15) is 27.9 Å². The zero-order valence-corrected chi connectivity index (χ0v) is 17.6. The van der Waals surface area contributed by atoms with Crippen molar-refractivity contribution in [2.75, 3.05) is 23.9 Å². The molecule has 0 fully saturated rings. The number of carbonyl (C=O) groups excluding carboxylic acids is 2. The summed E-state index contributed by atoms with van der Waals surface area (Å²) in [5, 5.41) is 10.7. The number of benzene rings is 2. The second-order valence-corrected chi connectivity index (χ2v) is 7.68. The third-order valence-corrected chi connectivity index (χ3v) is 5.40. The molecule has 0 radical (unpaired) electrons. The first-order valence-electron chi connectivity index (χ1n) is 9.89. The zero-order chi connectivity index (χ0) is 23.9. The van der Waals surface area contributed by atoms with Gasteiger partial charge in [-0.05, 0) is 54.1 Å². The van der Waals surface area contributed by atoms with Crippen molar-refractivity contribution in [1.82, 2.24) is 0 Å². The van der Waals surface area contributed by atoms with Crippen molar-refractivity contribution in [3.05, 3.63) is 95.1 Å². The Morgan fingerprint density at radius 1 is 1.03 bits per heavy atom. The molecule has 0 saturated carbocycles. The number of aliphatic hydroxyl groups excluding tert-OH is 1. The summed E-state index contributed by atoms with van der Waals surface area (Å²) >= 11 is 0. The molecule has 2 aromatic carbocycles. The van der Waals surface area contributed by atoms with Gasteiger partial charge in [-0.15, -0.1) is 0 Å². The van der Waals surface area contributed by atoms with Crippen molar-refractivity contribution in [2.24, 2.45) is 0 Å². The molecule has 170 valence electrons. The average molecular weight is 456 g/mol. The quantitative estimate of drug-likeness (QED) is 0.538. The Morgan fingerprint density at radius 2 is 1.67 bits per heavy atom. The molecule has 1 aliphatic heterocycles. The average Bonchev–Trinajstić information content (AvgIpc) is 3.40. The number of halogens is 3. The summed E-state index contributed by atoms with van der Waals surface area (Å²) in [5.41, 5.74) is 0.355. The van der Waals surface area contributed by atoms with Gasteiger partial charge in [0.2, 0.25) is 5.78 Å². The molecule has 1 N–H and O–H groups in total. The molecule has 3 aromatic rings. The molecule has 1 amide bonds. The molecule has 6 nitrogen and oxygen atoms in total. The lowest BCUT2D eigenvalue weighted by atomic mass is 9.94. The standard InChI is InChI=1S/C24H19F3N2O4/c1-28(2)16-9-5-14(6-10-16)20-19(21(30)18-4-3-13-33-18)22(31)23(32)29(20)17-11-7-15(8-12-17)24(25,26)27/h3-13,20,31H,1-2H3. The molecule has 0 aliphatic carbocycles. The number of Topliss-reactive ketones (excluding diaryl/α,β-unsaturated/α-hetero) is 1. The van der Waals surface area contributed by atoms with Crippen LogP contribution in [-0.2, 0) is 11.0 Å². The first kappa shape index (κ1) is 22.2. The van der Waals surface area contributed by atoms with Crippen LogP contribution in [0, 0.1) is 0 Å². The van der Waals surface area contributed by atoms with E-state index in [0.29, 0.717) is 5.56 Å².